The van der Waals surface area contributed by atoms with E-state index in [9.17, 15) is 0 Å². The van der Waals surface area contributed by atoms with E-state index in [-0.39, 0.29) is 0 Å². The van der Waals surface area contributed by atoms with E-state index in [1.165, 1.54) is 36.0 Å². The number of hydrogen-bond donors (Lipinski definition) is 1. The highest BCUT2D eigenvalue weighted by molar-refractivity contribution is 5.30. The van der Waals surface area contributed by atoms with Gasteiger partial charge in [0.2, 0.25) is 0 Å². The van der Waals surface area contributed by atoms with E-state index >= 15 is 0 Å². The van der Waals surface area contributed by atoms with Gasteiger partial charge in [0.1, 0.15) is 0 Å². The summed E-state index contributed by atoms with van der Waals surface area (Å²) in [4.78, 5) is 0. The third kappa shape index (κ3) is 6.77. The fourth-order valence-electron chi connectivity index (χ4n) is 2.41. The summed E-state index contributed by atoms with van der Waals surface area (Å²) in [6.45, 7) is 13.6. The van der Waals surface area contributed by atoms with Gasteiger partial charge in [-0.05, 0) is 69.2 Å². The third-order valence-electron chi connectivity index (χ3n) is 3.77. The number of rotatable bonds is 8. The molecule has 0 aliphatic rings. The fourth-order valence-corrected chi connectivity index (χ4v) is 2.41. The molecule has 0 spiro atoms. The molecule has 1 N–H and O–H groups in total. The molecule has 1 rings (SSSR count). The molecule has 0 fully saturated rings. The smallest absolute Gasteiger partial charge is 0.00258 e. The van der Waals surface area contributed by atoms with E-state index in [4.69, 9.17) is 0 Å². The quantitative estimate of drug-likeness (QED) is 0.679. The lowest BCUT2D eigenvalue weighted by atomic mass is 9.95. The minimum atomic E-state index is 0.755. The highest BCUT2D eigenvalue weighted by Gasteiger charge is 2.05. The standard InChI is InChI=1S/C18H31N/c1-14(2)13-19-11-10-15(3)6-8-18-9-7-16(4)12-17(18)5/h7,9,12,14-15,19H,6,8,10-11,13H2,1-5H3. The molecule has 1 unspecified atom stereocenters. The summed E-state index contributed by atoms with van der Waals surface area (Å²) in [5.41, 5.74) is 4.34. The van der Waals surface area contributed by atoms with Gasteiger partial charge in [0.15, 0.2) is 0 Å². The minimum Gasteiger partial charge on any atom is -0.316 e. The van der Waals surface area contributed by atoms with Crippen LogP contribution in [-0.2, 0) is 6.42 Å². The van der Waals surface area contributed by atoms with Crippen LogP contribution in [0.1, 0.15) is 50.3 Å². The summed E-state index contributed by atoms with van der Waals surface area (Å²) in [5, 5.41) is 3.53. The van der Waals surface area contributed by atoms with Crippen LogP contribution in [0.25, 0.3) is 0 Å². The molecule has 0 heterocycles. The average molecular weight is 261 g/mol. The van der Waals surface area contributed by atoms with Gasteiger partial charge in [0.05, 0.1) is 0 Å². The van der Waals surface area contributed by atoms with Gasteiger partial charge >= 0.3 is 0 Å². The molecule has 0 aromatic heterocycles. The lowest BCUT2D eigenvalue weighted by Gasteiger charge is -2.14. The van der Waals surface area contributed by atoms with Crippen molar-refractivity contribution >= 4 is 0 Å². The molecule has 1 atom stereocenters. The van der Waals surface area contributed by atoms with Crippen LogP contribution < -0.4 is 5.32 Å². The van der Waals surface area contributed by atoms with Crippen molar-refractivity contribution in [2.75, 3.05) is 13.1 Å². The largest absolute Gasteiger partial charge is 0.316 e. The Morgan fingerprint density at radius 1 is 1.05 bits per heavy atom. The topological polar surface area (TPSA) is 12.0 Å². The van der Waals surface area contributed by atoms with Crippen molar-refractivity contribution in [2.24, 2.45) is 11.8 Å². The Kier molecular flexibility index (Phi) is 7.15. The molecule has 0 aliphatic carbocycles. The van der Waals surface area contributed by atoms with Crippen LogP contribution in [-0.4, -0.2) is 13.1 Å². The maximum Gasteiger partial charge on any atom is -0.00258 e. The Morgan fingerprint density at radius 2 is 1.79 bits per heavy atom. The highest BCUT2D eigenvalue weighted by atomic mass is 14.8. The van der Waals surface area contributed by atoms with Gasteiger partial charge in [0, 0.05) is 0 Å². The van der Waals surface area contributed by atoms with Crippen molar-refractivity contribution in [1.82, 2.24) is 5.32 Å². The van der Waals surface area contributed by atoms with E-state index < -0.39 is 0 Å². The third-order valence-corrected chi connectivity index (χ3v) is 3.77. The Labute approximate surface area is 119 Å². The summed E-state index contributed by atoms with van der Waals surface area (Å²) in [5.74, 6) is 1.56. The zero-order valence-corrected chi connectivity index (χ0v) is 13.4. The molecule has 0 amide bonds. The molecule has 0 saturated heterocycles. The van der Waals surface area contributed by atoms with Gasteiger partial charge in [-0.3, -0.25) is 0 Å². The second-order valence-corrected chi connectivity index (χ2v) is 6.46. The van der Waals surface area contributed by atoms with Gasteiger partial charge in [0.25, 0.3) is 0 Å². The molecule has 0 aliphatic heterocycles. The van der Waals surface area contributed by atoms with Crippen LogP contribution in [0.3, 0.4) is 0 Å². The van der Waals surface area contributed by atoms with Crippen LogP contribution >= 0.6 is 0 Å². The van der Waals surface area contributed by atoms with Crippen molar-refractivity contribution in [3.8, 4) is 0 Å². The SMILES string of the molecule is Cc1ccc(CCC(C)CCNCC(C)C)c(C)c1. The fraction of sp³-hybridized carbons (Fsp3) is 0.667. The molecule has 0 bridgehead atoms. The molecular formula is C18H31N. The first kappa shape index (κ1) is 16.2. The summed E-state index contributed by atoms with van der Waals surface area (Å²) in [6.07, 6.45) is 3.81. The molecule has 108 valence electrons. The van der Waals surface area contributed by atoms with Crippen LogP contribution in [0.5, 0.6) is 0 Å². The molecule has 19 heavy (non-hydrogen) atoms. The van der Waals surface area contributed by atoms with E-state index in [1.807, 2.05) is 0 Å². The van der Waals surface area contributed by atoms with Gasteiger partial charge in [-0.15, -0.1) is 0 Å². The molecule has 0 radical (unpaired) electrons. The summed E-state index contributed by atoms with van der Waals surface area (Å²) < 4.78 is 0. The molecule has 1 nitrogen and oxygen atoms in total. The molecule has 0 saturated carbocycles. The van der Waals surface area contributed by atoms with Crippen LogP contribution in [0.15, 0.2) is 18.2 Å². The Hall–Kier alpha value is -0.820. The zero-order chi connectivity index (χ0) is 14.3. The van der Waals surface area contributed by atoms with E-state index in [2.05, 4.69) is 58.1 Å². The number of benzene rings is 1. The maximum atomic E-state index is 3.53. The monoisotopic (exact) mass is 261 g/mol. The number of aryl methyl sites for hydroxylation is 3. The van der Waals surface area contributed by atoms with Crippen molar-refractivity contribution in [1.29, 1.82) is 0 Å². The van der Waals surface area contributed by atoms with Gasteiger partial charge in [-0.2, -0.15) is 0 Å². The second-order valence-electron chi connectivity index (χ2n) is 6.46. The Morgan fingerprint density at radius 3 is 2.42 bits per heavy atom. The van der Waals surface area contributed by atoms with Crippen LogP contribution in [0, 0.1) is 25.7 Å². The van der Waals surface area contributed by atoms with Gasteiger partial charge < -0.3 is 5.32 Å². The van der Waals surface area contributed by atoms with Crippen molar-refractivity contribution in [3.05, 3.63) is 34.9 Å². The van der Waals surface area contributed by atoms with Crippen LogP contribution in [0.2, 0.25) is 0 Å². The minimum absolute atomic E-state index is 0.755. The average Bonchev–Trinajstić information content (AvgIpc) is 2.33. The predicted octanol–water partition coefficient (Wildman–Crippen LogP) is 4.51. The molecule has 1 heteroatoms. The highest BCUT2D eigenvalue weighted by Crippen LogP contribution is 2.16. The maximum absolute atomic E-state index is 3.53. The first-order valence-corrected chi connectivity index (χ1v) is 7.76. The zero-order valence-electron chi connectivity index (χ0n) is 13.4. The molecule has 1 aromatic rings. The predicted molar refractivity (Wildman–Crippen MR) is 85.7 cm³/mol. The Balaban J connectivity index is 2.24. The second kappa shape index (κ2) is 8.37. The lowest BCUT2D eigenvalue weighted by molar-refractivity contribution is 0.453. The molecular weight excluding hydrogens is 230 g/mol. The van der Waals surface area contributed by atoms with Gasteiger partial charge in [-0.25, -0.2) is 0 Å². The van der Waals surface area contributed by atoms with Crippen molar-refractivity contribution in [2.45, 2.75) is 53.9 Å². The molecule has 1 aromatic carbocycles. The van der Waals surface area contributed by atoms with E-state index in [1.54, 1.807) is 0 Å². The summed E-state index contributed by atoms with van der Waals surface area (Å²) in [7, 11) is 0. The number of nitrogens with one attached hydrogen (secondary N) is 1. The van der Waals surface area contributed by atoms with Gasteiger partial charge in [-0.1, -0.05) is 44.5 Å². The normalized spacial score (nSPS) is 12.9. The van der Waals surface area contributed by atoms with E-state index in [0.717, 1.165) is 24.9 Å². The first-order valence-electron chi connectivity index (χ1n) is 7.76. The lowest BCUT2D eigenvalue weighted by Crippen LogP contribution is -2.22. The summed E-state index contributed by atoms with van der Waals surface area (Å²) >= 11 is 0. The van der Waals surface area contributed by atoms with Crippen LogP contribution in [0.4, 0.5) is 0 Å². The Bertz CT molecular complexity index is 368. The van der Waals surface area contributed by atoms with Crippen molar-refractivity contribution < 1.29 is 0 Å². The first-order chi connectivity index (χ1) is 8.99. The van der Waals surface area contributed by atoms with Crippen molar-refractivity contribution in [3.63, 3.8) is 0 Å². The number of hydrogen-bond acceptors (Lipinski definition) is 1. The van der Waals surface area contributed by atoms with E-state index in [0.29, 0.717) is 0 Å². The summed E-state index contributed by atoms with van der Waals surface area (Å²) in [6, 6.07) is 6.83.